The Balaban J connectivity index is 2.84. The maximum absolute atomic E-state index is 4.11. The van der Waals surface area contributed by atoms with Crippen molar-refractivity contribution in [3.05, 3.63) is 48.2 Å². The van der Waals surface area contributed by atoms with Gasteiger partial charge in [-0.15, -0.1) is 0 Å². The molecule has 0 fully saturated rings. The van der Waals surface area contributed by atoms with E-state index in [0.717, 1.165) is 6.42 Å². The van der Waals surface area contributed by atoms with E-state index in [1.165, 1.54) is 11.1 Å². The van der Waals surface area contributed by atoms with Crippen molar-refractivity contribution in [3.8, 4) is 0 Å². The molecule has 1 heteroatoms. The summed E-state index contributed by atoms with van der Waals surface area (Å²) >= 11 is 0. The maximum Gasteiger partial charge on any atom is 0.0299 e. The van der Waals surface area contributed by atoms with Gasteiger partial charge in [0.1, 0.15) is 0 Å². The van der Waals surface area contributed by atoms with E-state index in [9.17, 15) is 0 Å². The molecule has 1 nitrogen and oxygen atoms in total. The number of rotatable bonds is 1. The van der Waals surface area contributed by atoms with Gasteiger partial charge in [0.2, 0.25) is 0 Å². The molecule has 0 aromatic carbocycles. The summed E-state index contributed by atoms with van der Waals surface area (Å²) in [7, 11) is 0. The second-order valence-corrected chi connectivity index (χ2v) is 2.61. The number of aliphatic imine (C=N–C) groups is 1. The van der Waals surface area contributed by atoms with Crippen molar-refractivity contribution in [1.29, 1.82) is 0 Å². The average Bonchev–Trinajstić information content (AvgIpc) is 2.30. The van der Waals surface area contributed by atoms with Crippen molar-refractivity contribution >= 4 is 6.21 Å². The highest BCUT2D eigenvalue weighted by Gasteiger charge is 1.98. The van der Waals surface area contributed by atoms with Gasteiger partial charge in [-0.2, -0.15) is 0 Å². The highest BCUT2D eigenvalue weighted by atomic mass is 14.7. The molecule has 1 aliphatic heterocycles. The lowest BCUT2D eigenvalue weighted by molar-refractivity contribution is 1.24. The fourth-order valence-corrected chi connectivity index (χ4v) is 1.06. The molecule has 0 aromatic heterocycles. The number of allylic oxidation sites excluding steroid dienone is 6. The Morgan fingerprint density at radius 1 is 1.50 bits per heavy atom. The monoisotopic (exact) mass is 159 g/mol. The van der Waals surface area contributed by atoms with Gasteiger partial charge in [-0.1, -0.05) is 24.8 Å². The van der Waals surface area contributed by atoms with Gasteiger partial charge in [-0.05, 0) is 30.6 Å². The van der Waals surface area contributed by atoms with Crippen LogP contribution in [0.1, 0.15) is 13.3 Å². The molecule has 0 radical (unpaired) electrons. The van der Waals surface area contributed by atoms with Crippen LogP contribution >= 0.6 is 0 Å². The van der Waals surface area contributed by atoms with Gasteiger partial charge in [-0.25, -0.2) is 0 Å². The summed E-state index contributed by atoms with van der Waals surface area (Å²) in [6.07, 6.45) is 12.5. The number of hydrogen-bond donors (Lipinski definition) is 0. The third-order valence-corrected chi connectivity index (χ3v) is 1.73. The predicted molar refractivity (Wildman–Crippen MR) is 54.3 cm³/mol. The van der Waals surface area contributed by atoms with E-state index in [1.54, 1.807) is 6.08 Å². The molecule has 0 saturated heterocycles. The van der Waals surface area contributed by atoms with Crippen LogP contribution in [0.15, 0.2) is 53.2 Å². The Kier molecular flexibility index (Phi) is 3.27. The summed E-state index contributed by atoms with van der Waals surface area (Å²) < 4.78 is 0. The molecule has 1 rings (SSSR count). The standard InChI is InChI=1S/C11H13N/c1-3-5-11-6-7-12-9-10(4-2)8-11/h3-7,9H,1,8H2,2H3. The molecule has 62 valence electrons. The van der Waals surface area contributed by atoms with Gasteiger partial charge < -0.3 is 0 Å². The van der Waals surface area contributed by atoms with Crippen molar-refractivity contribution < 1.29 is 0 Å². The Morgan fingerprint density at radius 2 is 2.33 bits per heavy atom. The molecule has 0 atom stereocenters. The van der Waals surface area contributed by atoms with Crippen LogP contribution in [0.3, 0.4) is 0 Å². The van der Waals surface area contributed by atoms with Crippen LogP contribution in [0.2, 0.25) is 0 Å². The summed E-state index contributed by atoms with van der Waals surface area (Å²) in [6.45, 7) is 5.69. The normalized spacial score (nSPS) is 23.1. The lowest BCUT2D eigenvalue weighted by Gasteiger charge is -1.98. The van der Waals surface area contributed by atoms with E-state index >= 15 is 0 Å². The lowest BCUT2D eigenvalue weighted by Crippen LogP contribution is -1.84. The average molecular weight is 159 g/mol. The fraction of sp³-hybridized carbons (Fsp3) is 0.182. The highest BCUT2D eigenvalue weighted by molar-refractivity contribution is 5.80. The third kappa shape index (κ3) is 2.35. The largest absolute Gasteiger partial charge is 0.264 e. The minimum Gasteiger partial charge on any atom is -0.264 e. The molecule has 1 heterocycles. The Hall–Kier alpha value is -1.37. The zero-order chi connectivity index (χ0) is 8.81. The van der Waals surface area contributed by atoms with Gasteiger partial charge in [0, 0.05) is 12.4 Å². The van der Waals surface area contributed by atoms with Crippen molar-refractivity contribution in [2.75, 3.05) is 0 Å². The Bertz CT molecular complexity index is 277. The van der Waals surface area contributed by atoms with Crippen LogP contribution in [-0.2, 0) is 0 Å². The second-order valence-electron chi connectivity index (χ2n) is 2.61. The quantitative estimate of drug-likeness (QED) is 0.557. The van der Waals surface area contributed by atoms with Crippen LogP contribution in [0.4, 0.5) is 0 Å². The van der Waals surface area contributed by atoms with Crippen LogP contribution in [0, 0.1) is 0 Å². The van der Waals surface area contributed by atoms with E-state index in [1.807, 2.05) is 31.5 Å². The molecule has 0 saturated carbocycles. The number of hydrogen-bond acceptors (Lipinski definition) is 1. The summed E-state index contributed by atoms with van der Waals surface area (Å²) in [5.74, 6) is 0. The van der Waals surface area contributed by atoms with E-state index in [2.05, 4.69) is 17.6 Å². The molecular formula is C11H13N. The molecule has 0 amide bonds. The Labute approximate surface area is 73.5 Å². The van der Waals surface area contributed by atoms with Gasteiger partial charge in [0.05, 0.1) is 0 Å². The highest BCUT2D eigenvalue weighted by Crippen LogP contribution is 2.13. The van der Waals surface area contributed by atoms with Crippen molar-refractivity contribution in [2.45, 2.75) is 13.3 Å². The van der Waals surface area contributed by atoms with Crippen LogP contribution in [0.5, 0.6) is 0 Å². The molecule has 12 heavy (non-hydrogen) atoms. The summed E-state index contributed by atoms with van der Waals surface area (Å²) in [5.41, 5.74) is 2.49. The zero-order valence-corrected chi connectivity index (χ0v) is 7.33. The zero-order valence-electron chi connectivity index (χ0n) is 7.33. The van der Waals surface area contributed by atoms with Gasteiger partial charge in [-0.3, -0.25) is 4.99 Å². The molecule has 0 bridgehead atoms. The summed E-state index contributed by atoms with van der Waals surface area (Å²) in [4.78, 5) is 4.11. The molecule has 0 aromatic rings. The Morgan fingerprint density at radius 3 is 3.00 bits per heavy atom. The van der Waals surface area contributed by atoms with Gasteiger partial charge >= 0.3 is 0 Å². The first-order valence-corrected chi connectivity index (χ1v) is 4.03. The smallest absolute Gasteiger partial charge is 0.0299 e. The van der Waals surface area contributed by atoms with Crippen LogP contribution in [-0.4, -0.2) is 6.21 Å². The van der Waals surface area contributed by atoms with E-state index in [4.69, 9.17) is 0 Å². The van der Waals surface area contributed by atoms with E-state index in [-0.39, 0.29) is 0 Å². The minimum absolute atomic E-state index is 0.947. The van der Waals surface area contributed by atoms with Gasteiger partial charge in [0.15, 0.2) is 0 Å². The maximum atomic E-state index is 4.11. The first-order valence-electron chi connectivity index (χ1n) is 4.03. The fourth-order valence-electron chi connectivity index (χ4n) is 1.06. The first-order chi connectivity index (χ1) is 5.86. The molecule has 0 aliphatic carbocycles. The molecule has 0 N–H and O–H groups in total. The van der Waals surface area contributed by atoms with Crippen LogP contribution in [0.25, 0.3) is 0 Å². The van der Waals surface area contributed by atoms with Crippen LogP contribution < -0.4 is 0 Å². The van der Waals surface area contributed by atoms with Crippen molar-refractivity contribution in [1.82, 2.24) is 0 Å². The van der Waals surface area contributed by atoms with E-state index < -0.39 is 0 Å². The number of nitrogens with zero attached hydrogens (tertiary/aromatic N) is 1. The lowest BCUT2D eigenvalue weighted by atomic mass is 10.1. The SMILES string of the molecule is C=CC=C1C=CN=CC(=CC)C1. The summed E-state index contributed by atoms with van der Waals surface area (Å²) in [6, 6.07) is 0. The molecule has 1 aliphatic rings. The molecule has 0 unspecified atom stereocenters. The first kappa shape index (κ1) is 8.72. The van der Waals surface area contributed by atoms with Crippen molar-refractivity contribution in [3.63, 3.8) is 0 Å². The second kappa shape index (κ2) is 4.50. The van der Waals surface area contributed by atoms with Crippen molar-refractivity contribution in [2.24, 2.45) is 4.99 Å². The topological polar surface area (TPSA) is 12.4 Å². The third-order valence-electron chi connectivity index (χ3n) is 1.73. The molecule has 0 spiro atoms. The predicted octanol–water partition coefficient (Wildman–Crippen LogP) is 3.03. The van der Waals surface area contributed by atoms with Gasteiger partial charge in [0.25, 0.3) is 0 Å². The minimum atomic E-state index is 0.947. The van der Waals surface area contributed by atoms with E-state index in [0.29, 0.717) is 0 Å². The molecular weight excluding hydrogens is 146 g/mol. The summed E-state index contributed by atoms with van der Waals surface area (Å²) in [5, 5.41) is 0.